The normalized spacial score (nSPS) is 13.4. The van der Waals surface area contributed by atoms with Crippen LogP contribution in [0.2, 0.25) is 0 Å². The van der Waals surface area contributed by atoms with E-state index in [4.69, 9.17) is 9.20 Å². The molecular weight excluding hydrogens is 311 g/mol. The van der Waals surface area contributed by atoms with Crippen molar-refractivity contribution in [1.82, 2.24) is 0 Å². The van der Waals surface area contributed by atoms with Gasteiger partial charge in [-0.3, -0.25) is 0 Å². The summed E-state index contributed by atoms with van der Waals surface area (Å²) >= 11 is -2.61. The first-order valence-corrected chi connectivity index (χ1v) is 15.2. The molecule has 0 atom stereocenters. The number of halogens is 1. The third kappa shape index (κ3) is 7.16. The van der Waals surface area contributed by atoms with E-state index in [1.807, 2.05) is 0 Å². The summed E-state index contributed by atoms with van der Waals surface area (Å²) in [5.74, 6) is 0. The molecule has 90 valence electrons. The van der Waals surface area contributed by atoms with Crippen molar-refractivity contribution in [2.24, 2.45) is 0 Å². The van der Waals surface area contributed by atoms with E-state index >= 15 is 0 Å². The topological polar surface area (TPSA) is 27.7 Å². The fraction of sp³-hybridized carbons (Fsp3) is 1.00. The van der Waals surface area contributed by atoms with Gasteiger partial charge in [0.2, 0.25) is 0 Å². The molecule has 0 aromatic carbocycles. The summed E-state index contributed by atoms with van der Waals surface area (Å²) in [5.41, 5.74) is 0. The van der Waals surface area contributed by atoms with E-state index in [0.717, 1.165) is 46.8 Å². The fourth-order valence-corrected chi connectivity index (χ4v) is 8.11. The second-order valence-electron chi connectivity index (χ2n) is 3.09. The van der Waals surface area contributed by atoms with E-state index < -0.39 is 18.9 Å². The minimum atomic E-state index is -2.61. The third-order valence-electron chi connectivity index (χ3n) is 1.44. The van der Waals surface area contributed by atoms with Gasteiger partial charge in [0.15, 0.2) is 0 Å². The van der Waals surface area contributed by atoms with Crippen molar-refractivity contribution in [3.8, 4) is 0 Å². The van der Waals surface area contributed by atoms with Crippen LogP contribution in [0.1, 0.15) is 40.0 Å². The molecule has 14 heavy (non-hydrogen) atoms. The first kappa shape index (κ1) is 14.8. The van der Waals surface area contributed by atoms with E-state index in [2.05, 4.69) is 20.8 Å². The van der Waals surface area contributed by atoms with Crippen LogP contribution in [-0.2, 0) is 9.20 Å². The second-order valence-corrected chi connectivity index (χ2v) is 14.9. The predicted molar refractivity (Wildman–Crippen MR) is 58.7 cm³/mol. The number of rotatable bonds is 9. The van der Waals surface area contributed by atoms with Crippen molar-refractivity contribution in [1.29, 1.82) is 0 Å². The second kappa shape index (κ2) is 9.08. The Balaban J connectivity index is 3.89. The van der Waals surface area contributed by atoms with Crippen LogP contribution in [0.25, 0.3) is 0 Å². The van der Waals surface area contributed by atoms with Gasteiger partial charge in [0.1, 0.15) is 0 Å². The summed E-state index contributed by atoms with van der Waals surface area (Å²) in [6.45, 7) is 8.70. The summed E-state index contributed by atoms with van der Waals surface area (Å²) < 4.78 is 17.3. The van der Waals surface area contributed by atoms with Crippen molar-refractivity contribution in [3.63, 3.8) is 0 Å². The zero-order valence-corrected chi connectivity index (χ0v) is 14.0. The van der Waals surface area contributed by atoms with Gasteiger partial charge in [-0.15, -0.1) is 0 Å². The zero-order chi connectivity index (χ0) is 10.9. The van der Waals surface area contributed by atoms with Crippen molar-refractivity contribution in [2.75, 3.05) is 19.8 Å². The Bertz CT molecular complexity index is 113. The van der Waals surface area contributed by atoms with Crippen molar-refractivity contribution < 1.29 is 28.1 Å². The Kier molecular flexibility index (Phi) is 9.62. The molecule has 0 aromatic heterocycles. The Hall–Kier alpha value is 0.827. The molecular formula is C9H24IO3Si-. The Morgan fingerprint density at radius 1 is 0.786 bits per heavy atom. The molecule has 0 aromatic rings. The van der Waals surface area contributed by atoms with Gasteiger partial charge in [-0.05, 0) is 0 Å². The molecule has 0 aliphatic rings. The zero-order valence-electron chi connectivity index (χ0n) is 9.85. The molecule has 0 amide bonds. The standard InChI is InChI=1S/C9H24IO3Si/c1-4-7-11-10(14,12-8-5-2)13-9-6-3/h4-9H2,1-3,14H3/q-1. The molecule has 0 bridgehead atoms. The van der Waals surface area contributed by atoms with E-state index in [9.17, 15) is 0 Å². The van der Waals surface area contributed by atoms with Crippen molar-refractivity contribution in [2.45, 2.75) is 40.0 Å². The predicted octanol–water partition coefficient (Wildman–Crippen LogP) is -1.55. The molecule has 0 fully saturated rings. The maximum atomic E-state index is 5.78. The Morgan fingerprint density at radius 3 is 1.29 bits per heavy atom. The van der Waals surface area contributed by atoms with Gasteiger partial charge in [0.25, 0.3) is 0 Å². The average molecular weight is 335 g/mol. The van der Waals surface area contributed by atoms with Crippen LogP contribution in [0.5, 0.6) is 0 Å². The quantitative estimate of drug-likeness (QED) is 0.290. The molecule has 0 unspecified atom stereocenters. The van der Waals surface area contributed by atoms with Gasteiger partial charge >= 0.3 is 95.7 Å². The SMILES string of the molecule is CCCO[I-]([SiH3])(OCCC)OCCC. The Morgan fingerprint density at radius 2 is 1.07 bits per heavy atom. The van der Waals surface area contributed by atoms with E-state index in [1.54, 1.807) is 0 Å². The maximum absolute atomic E-state index is 5.78. The summed E-state index contributed by atoms with van der Waals surface area (Å²) in [6.07, 6.45) is 3.12. The van der Waals surface area contributed by atoms with Crippen LogP contribution in [0, 0.1) is 0 Å². The molecule has 0 saturated carbocycles. The van der Waals surface area contributed by atoms with E-state index in [1.165, 1.54) is 0 Å². The summed E-state index contributed by atoms with van der Waals surface area (Å²) in [5, 5.41) is 0. The summed E-state index contributed by atoms with van der Waals surface area (Å²) in [6, 6.07) is 0. The number of hydrogen-bond acceptors (Lipinski definition) is 3. The van der Waals surface area contributed by atoms with Crippen molar-refractivity contribution >= 4 is 7.74 Å². The van der Waals surface area contributed by atoms with E-state index in [0.29, 0.717) is 0 Å². The van der Waals surface area contributed by atoms with Crippen LogP contribution >= 0.6 is 0 Å². The van der Waals surface area contributed by atoms with Gasteiger partial charge in [-0.2, -0.15) is 0 Å². The summed E-state index contributed by atoms with van der Waals surface area (Å²) in [7, 11) is 0.924. The molecule has 0 rings (SSSR count). The van der Waals surface area contributed by atoms with Gasteiger partial charge < -0.3 is 0 Å². The fourth-order valence-electron chi connectivity index (χ4n) is 0.746. The molecule has 3 nitrogen and oxygen atoms in total. The monoisotopic (exact) mass is 335 g/mol. The molecule has 0 saturated heterocycles. The molecule has 0 aliphatic heterocycles. The van der Waals surface area contributed by atoms with Crippen LogP contribution < -0.4 is 18.9 Å². The van der Waals surface area contributed by atoms with E-state index in [-0.39, 0.29) is 0 Å². The molecule has 0 N–H and O–H groups in total. The molecule has 0 heterocycles. The number of hydrogen-bond donors (Lipinski definition) is 0. The van der Waals surface area contributed by atoms with Gasteiger partial charge in [0.05, 0.1) is 0 Å². The molecule has 5 heteroatoms. The first-order chi connectivity index (χ1) is 6.68. The van der Waals surface area contributed by atoms with Gasteiger partial charge in [-0.25, -0.2) is 0 Å². The van der Waals surface area contributed by atoms with Crippen LogP contribution in [0.15, 0.2) is 0 Å². The van der Waals surface area contributed by atoms with Gasteiger partial charge in [-0.1, -0.05) is 0 Å². The van der Waals surface area contributed by atoms with Gasteiger partial charge in [0, 0.05) is 0 Å². The van der Waals surface area contributed by atoms with Crippen molar-refractivity contribution in [3.05, 3.63) is 0 Å². The van der Waals surface area contributed by atoms with Crippen LogP contribution in [0.3, 0.4) is 0 Å². The van der Waals surface area contributed by atoms with Crippen LogP contribution in [-0.4, -0.2) is 27.6 Å². The molecule has 0 aliphatic carbocycles. The molecule has 0 radical (unpaired) electrons. The summed E-state index contributed by atoms with van der Waals surface area (Å²) in [4.78, 5) is 0. The minimum absolute atomic E-state index is 0.785. The third-order valence-corrected chi connectivity index (χ3v) is 10.5. The Labute approximate surface area is 95.5 Å². The average Bonchev–Trinajstić information content (AvgIpc) is 2.21. The van der Waals surface area contributed by atoms with Crippen LogP contribution in [0.4, 0.5) is 0 Å². The first-order valence-electron chi connectivity index (χ1n) is 5.33. The molecule has 0 spiro atoms.